The lowest BCUT2D eigenvalue weighted by molar-refractivity contribution is 0.0946. The molecule has 0 atom stereocenters. The molecule has 4 aromatic rings. The number of fused-ring (bicyclic) bond motifs is 1. The molecule has 2 aromatic heterocycles. The Balaban J connectivity index is 1.91. The summed E-state index contributed by atoms with van der Waals surface area (Å²) in [7, 11) is 3.18. The molecule has 0 aliphatic rings. The molecule has 0 amide bonds. The van der Waals surface area contributed by atoms with Gasteiger partial charge in [0.25, 0.3) is 5.91 Å². The van der Waals surface area contributed by atoms with Crippen molar-refractivity contribution in [1.82, 2.24) is 14.8 Å². The number of para-hydroxylation sites is 1. The third-order valence-corrected chi connectivity index (χ3v) is 4.34. The zero-order valence-electron chi connectivity index (χ0n) is 14.9. The maximum absolute atomic E-state index is 13.0. The third-order valence-electron chi connectivity index (χ3n) is 4.34. The van der Waals surface area contributed by atoms with Crippen molar-refractivity contribution in [3.63, 3.8) is 0 Å². The van der Waals surface area contributed by atoms with Gasteiger partial charge in [-0.15, -0.1) is 0 Å². The normalized spacial score (nSPS) is 10.7. The van der Waals surface area contributed by atoms with Crippen molar-refractivity contribution in [2.24, 2.45) is 0 Å². The van der Waals surface area contributed by atoms with Crippen LogP contribution in [0.2, 0.25) is 0 Å². The van der Waals surface area contributed by atoms with Crippen LogP contribution in [0.3, 0.4) is 0 Å². The molecule has 0 unspecified atom stereocenters. The number of nitrogens with zero attached hydrogens (tertiary/aromatic N) is 3. The summed E-state index contributed by atoms with van der Waals surface area (Å²) in [6, 6.07) is 16.6. The summed E-state index contributed by atoms with van der Waals surface area (Å²) in [4.78, 5) is 17.7. The van der Waals surface area contributed by atoms with Gasteiger partial charge in [-0.3, -0.25) is 4.79 Å². The number of pyridine rings is 1. The van der Waals surface area contributed by atoms with Crippen molar-refractivity contribution in [3.8, 4) is 22.8 Å². The van der Waals surface area contributed by atoms with Gasteiger partial charge in [0.2, 0.25) is 0 Å². The van der Waals surface area contributed by atoms with Gasteiger partial charge in [-0.1, -0.05) is 18.2 Å². The first-order valence-corrected chi connectivity index (χ1v) is 8.38. The number of ether oxygens (including phenoxy) is 2. The van der Waals surface area contributed by atoms with Crippen molar-refractivity contribution in [1.29, 1.82) is 0 Å². The first kappa shape index (κ1) is 16.8. The van der Waals surface area contributed by atoms with Crippen molar-refractivity contribution in [2.45, 2.75) is 0 Å². The van der Waals surface area contributed by atoms with Crippen molar-refractivity contribution >= 4 is 16.8 Å². The van der Waals surface area contributed by atoms with E-state index in [0.717, 1.165) is 16.5 Å². The molecule has 0 radical (unpaired) electrons. The van der Waals surface area contributed by atoms with Crippen LogP contribution >= 0.6 is 0 Å². The lowest BCUT2D eigenvalue weighted by Gasteiger charge is -2.12. The number of carbonyl (C=O) groups is 1. The fourth-order valence-electron chi connectivity index (χ4n) is 3.01. The highest BCUT2D eigenvalue weighted by molar-refractivity contribution is 6.07. The standard InChI is InChI=1S/C21H17N3O3/c1-26-19-9-8-14(12-20(19)27-2)18-13-16(21(25)24-11-5-10-22-24)15-6-3-4-7-17(15)23-18/h3-13H,1-2H3. The van der Waals surface area contributed by atoms with Gasteiger partial charge in [-0.05, 0) is 36.4 Å². The number of carbonyl (C=O) groups excluding carboxylic acids is 1. The number of benzene rings is 2. The Bertz CT molecular complexity index is 1120. The van der Waals surface area contributed by atoms with Crippen LogP contribution in [0, 0.1) is 0 Å². The topological polar surface area (TPSA) is 66.2 Å². The Kier molecular flexibility index (Phi) is 4.30. The Morgan fingerprint density at radius 3 is 2.52 bits per heavy atom. The zero-order valence-corrected chi connectivity index (χ0v) is 14.9. The summed E-state index contributed by atoms with van der Waals surface area (Å²) < 4.78 is 12.0. The lowest BCUT2D eigenvalue weighted by atomic mass is 10.0. The zero-order chi connectivity index (χ0) is 18.8. The van der Waals surface area contributed by atoms with Crippen LogP contribution in [0.1, 0.15) is 10.4 Å². The van der Waals surface area contributed by atoms with Gasteiger partial charge in [0, 0.05) is 23.3 Å². The smallest absolute Gasteiger partial charge is 0.278 e. The van der Waals surface area contributed by atoms with Gasteiger partial charge in [0.05, 0.1) is 31.0 Å². The molecule has 4 rings (SSSR count). The first-order chi connectivity index (χ1) is 13.2. The average Bonchev–Trinajstić information content (AvgIpc) is 3.26. The first-order valence-electron chi connectivity index (χ1n) is 8.38. The van der Waals surface area contributed by atoms with Crippen LogP contribution < -0.4 is 9.47 Å². The van der Waals surface area contributed by atoms with Crippen molar-refractivity contribution in [3.05, 3.63) is 72.6 Å². The quantitative estimate of drug-likeness (QED) is 0.554. The summed E-state index contributed by atoms with van der Waals surface area (Å²) in [5, 5.41) is 4.84. The summed E-state index contributed by atoms with van der Waals surface area (Å²) in [6.07, 6.45) is 3.21. The number of aromatic nitrogens is 3. The second-order valence-electron chi connectivity index (χ2n) is 5.90. The van der Waals surface area contributed by atoms with E-state index in [1.807, 2.05) is 42.5 Å². The molecule has 2 aromatic carbocycles. The monoisotopic (exact) mass is 359 g/mol. The molecule has 0 bridgehead atoms. The van der Waals surface area contributed by atoms with E-state index in [0.29, 0.717) is 22.8 Å². The van der Waals surface area contributed by atoms with E-state index in [1.165, 1.54) is 4.68 Å². The average molecular weight is 359 g/mol. The molecular weight excluding hydrogens is 342 g/mol. The molecule has 2 heterocycles. The number of hydrogen-bond acceptors (Lipinski definition) is 5. The summed E-state index contributed by atoms with van der Waals surface area (Å²) in [5.74, 6) is 1.03. The van der Waals surface area contributed by atoms with E-state index >= 15 is 0 Å². The highest BCUT2D eigenvalue weighted by Gasteiger charge is 2.16. The molecule has 0 spiro atoms. The van der Waals surface area contributed by atoms with Crippen LogP contribution in [-0.2, 0) is 0 Å². The van der Waals surface area contributed by atoms with Gasteiger partial charge in [0.1, 0.15) is 0 Å². The minimum absolute atomic E-state index is 0.208. The van der Waals surface area contributed by atoms with Crippen LogP contribution in [-0.4, -0.2) is 34.9 Å². The van der Waals surface area contributed by atoms with E-state index in [1.54, 1.807) is 38.7 Å². The van der Waals surface area contributed by atoms with Crippen LogP contribution in [0.25, 0.3) is 22.2 Å². The maximum atomic E-state index is 13.0. The predicted molar refractivity (Wildman–Crippen MR) is 102 cm³/mol. The third kappa shape index (κ3) is 3.01. The summed E-state index contributed by atoms with van der Waals surface area (Å²) >= 11 is 0. The van der Waals surface area contributed by atoms with Crippen molar-refractivity contribution in [2.75, 3.05) is 14.2 Å². The summed E-state index contributed by atoms with van der Waals surface area (Å²) in [5.41, 5.74) is 2.77. The Labute approximate surface area is 156 Å². The molecule has 0 aliphatic heterocycles. The Morgan fingerprint density at radius 1 is 0.963 bits per heavy atom. The number of hydrogen-bond donors (Lipinski definition) is 0. The van der Waals surface area contributed by atoms with Crippen molar-refractivity contribution < 1.29 is 14.3 Å². The largest absolute Gasteiger partial charge is 0.493 e. The molecule has 27 heavy (non-hydrogen) atoms. The highest BCUT2D eigenvalue weighted by atomic mass is 16.5. The fraction of sp³-hybridized carbons (Fsp3) is 0.0952. The molecule has 134 valence electrons. The Hall–Kier alpha value is -3.67. The highest BCUT2D eigenvalue weighted by Crippen LogP contribution is 2.33. The van der Waals surface area contributed by atoms with Gasteiger partial charge < -0.3 is 9.47 Å². The SMILES string of the molecule is COc1ccc(-c2cc(C(=O)n3cccn3)c3ccccc3n2)cc1OC. The van der Waals surface area contributed by atoms with Crippen LogP contribution in [0.5, 0.6) is 11.5 Å². The number of rotatable bonds is 4. The van der Waals surface area contributed by atoms with E-state index in [2.05, 4.69) is 5.10 Å². The van der Waals surface area contributed by atoms with E-state index < -0.39 is 0 Å². The minimum Gasteiger partial charge on any atom is -0.493 e. The van der Waals surface area contributed by atoms with E-state index in [4.69, 9.17) is 14.5 Å². The molecule has 0 N–H and O–H groups in total. The van der Waals surface area contributed by atoms with E-state index in [9.17, 15) is 4.79 Å². The van der Waals surface area contributed by atoms with Crippen LogP contribution in [0.4, 0.5) is 0 Å². The Morgan fingerprint density at radius 2 is 1.78 bits per heavy atom. The molecular formula is C21H17N3O3. The molecule has 6 nitrogen and oxygen atoms in total. The van der Waals surface area contributed by atoms with Crippen LogP contribution in [0.15, 0.2) is 67.0 Å². The molecule has 0 saturated carbocycles. The summed E-state index contributed by atoms with van der Waals surface area (Å²) in [6.45, 7) is 0. The predicted octanol–water partition coefficient (Wildman–Crippen LogP) is 3.80. The van der Waals surface area contributed by atoms with E-state index in [-0.39, 0.29) is 5.91 Å². The molecule has 0 fully saturated rings. The van der Waals surface area contributed by atoms with Gasteiger partial charge in [-0.2, -0.15) is 5.10 Å². The molecule has 0 aliphatic carbocycles. The maximum Gasteiger partial charge on any atom is 0.278 e. The number of methoxy groups -OCH3 is 2. The second-order valence-corrected chi connectivity index (χ2v) is 5.90. The van der Waals surface area contributed by atoms with Gasteiger partial charge in [-0.25, -0.2) is 9.67 Å². The molecule has 0 saturated heterocycles. The van der Waals surface area contributed by atoms with Gasteiger partial charge in [0.15, 0.2) is 11.5 Å². The second kappa shape index (κ2) is 6.92. The van der Waals surface area contributed by atoms with Gasteiger partial charge >= 0.3 is 0 Å². The lowest BCUT2D eigenvalue weighted by Crippen LogP contribution is -2.13. The minimum atomic E-state index is -0.208. The molecule has 6 heteroatoms. The fourth-order valence-corrected chi connectivity index (χ4v) is 3.01.